The van der Waals surface area contributed by atoms with Gasteiger partial charge in [-0.25, -0.2) is 4.79 Å². The van der Waals surface area contributed by atoms with E-state index < -0.39 is 12.1 Å². The van der Waals surface area contributed by atoms with Gasteiger partial charge in [0.1, 0.15) is 12.4 Å². The molecule has 0 aromatic heterocycles. The molecule has 1 amide bonds. The Hall–Kier alpha value is -2.94. The third-order valence-electron chi connectivity index (χ3n) is 6.81. The molecule has 3 N–H and O–H groups in total. The lowest BCUT2D eigenvalue weighted by Crippen LogP contribution is -2.48. The highest BCUT2D eigenvalue weighted by atomic mass is 16.5. The monoisotopic (exact) mass is 481 g/mol. The maximum Gasteiger partial charge on any atom is 0.335 e. The zero-order chi connectivity index (χ0) is 24.6. The van der Waals surface area contributed by atoms with E-state index in [1.807, 2.05) is 24.3 Å². The third kappa shape index (κ3) is 7.27. The predicted molar refractivity (Wildman–Crippen MR) is 133 cm³/mol. The van der Waals surface area contributed by atoms with Crippen LogP contribution in [0.15, 0.2) is 48.5 Å². The van der Waals surface area contributed by atoms with E-state index in [9.17, 15) is 14.7 Å². The first-order valence-electron chi connectivity index (χ1n) is 12.5. The Kier molecular flexibility index (Phi) is 8.74. The van der Waals surface area contributed by atoms with Gasteiger partial charge in [-0.15, -0.1) is 0 Å². The molecule has 8 nitrogen and oxygen atoms in total. The second-order valence-electron chi connectivity index (χ2n) is 9.45. The number of nitrogens with one attached hydrogen (secondary N) is 1. The number of ether oxygens (including phenoxy) is 1. The summed E-state index contributed by atoms with van der Waals surface area (Å²) in [6.45, 7) is 5.78. The number of carboxylic acids is 1. The van der Waals surface area contributed by atoms with Gasteiger partial charge in [-0.3, -0.25) is 14.6 Å². The fourth-order valence-electron chi connectivity index (χ4n) is 4.77. The fourth-order valence-corrected chi connectivity index (χ4v) is 4.77. The van der Waals surface area contributed by atoms with E-state index in [1.54, 1.807) is 24.3 Å². The number of benzene rings is 2. The molecule has 2 aromatic carbocycles. The number of aromatic carboxylic acids is 1. The molecule has 188 valence electrons. The van der Waals surface area contributed by atoms with Gasteiger partial charge in [-0.2, -0.15) is 0 Å². The summed E-state index contributed by atoms with van der Waals surface area (Å²) in [6.07, 6.45) is 3.34. The Bertz CT molecular complexity index is 973. The van der Waals surface area contributed by atoms with Crippen LogP contribution in [-0.4, -0.2) is 83.4 Å². The Labute approximate surface area is 206 Å². The SMILES string of the molecule is O=C(O)c1ccc(CN2CCCC(O)C(NC(=O)c3ccc(OCCN4CCCC4)cc3)C2)cc1. The van der Waals surface area contributed by atoms with Gasteiger partial charge in [0.15, 0.2) is 0 Å². The van der Waals surface area contributed by atoms with Crippen molar-refractivity contribution in [2.75, 3.05) is 39.3 Å². The first-order valence-corrected chi connectivity index (χ1v) is 12.5. The highest BCUT2D eigenvalue weighted by Crippen LogP contribution is 2.17. The number of carbonyl (C=O) groups is 2. The van der Waals surface area contributed by atoms with Crippen molar-refractivity contribution in [1.82, 2.24) is 15.1 Å². The van der Waals surface area contributed by atoms with Gasteiger partial charge in [-0.1, -0.05) is 12.1 Å². The molecule has 2 aliphatic heterocycles. The zero-order valence-electron chi connectivity index (χ0n) is 20.1. The number of aliphatic hydroxyl groups is 1. The van der Waals surface area contributed by atoms with Crippen molar-refractivity contribution < 1.29 is 24.5 Å². The number of nitrogens with zero attached hydrogens (tertiary/aromatic N) is 2. The van der Waals surface area contributed by atoms with E-state index in [1.165, 1.54) is 12.8 Å². The minimum atomic E-state index is -0.945. The number of hydrogen-bond acceptors (Lipinski definition) is 6. The zero-order valence-corrected chi connectivity index (χ0v) is 20.1. The van der Waals surface area contributed by atoms with Crippen LogP contribution in [0.5, 0.6) is 5.75 Å². The van der Waals surface area contributed by atoms with E-state index in [0.717, 1.165) is 43.9 Å². The van der Waals surface area contributed by atoms with Crippen LogP contribution in [0.2, 0.25) is 0 Å². The molecule has 0 aliphatic carbocycles. The van der Waals surface area contributed by atoms with Crippen molar-refractivity contribution in [3.05, 3.63) is 65.2 Å². The summed E-state index contributed by atoms with van der Waals surface area (Å²) in [5, 5.41) is 22.7. The van der Waals surface area contributed by atoms with E-state index in [0.29, 0.717) is 31.7 Å². The molecule has 8 heteroatoms. The number of likely N-dealkylation sites (tertiary alicyclic amines) is 2. The quantitative estimate of drug-likeness (QED) is 0.506. The summed E-state index contributed by atoms with van der Waals surface area (Å²) in [7, 11) is 0. The van der Waals surface area contributed by atoms with Crippen molar-refractivity contribution in [1.29, 1.82) is 0 Å². The van der Waals surface area contributed by atoms with Gasteiger partial charge in [0.25, 0.3) is 5.91 Å². The molecule has 2 aromatic rings. The highest BCUT2D eigenvalue weighted by molar-refractivity contribution is 5.94. The number of aliphatic hydroxyl groups excluding tert-OH is 1. The first-order chi connectivity index (χ1) is 17.0. The molecule has 35 heavy (non-hydrogen) atoms. The highest BCUT2D eigenvalue weighted by Gasteiger charge is 2.27. The van der Waals surface area contributed by atoms with Gasteiger partial charge < -0.3 is 20.3 Å². The van der Waals surface area contributed by atoms with Crippen LogP contribution >= 0.6 is 0 Å². The van der Waals surface area contributed by atoms with Crippen LogP contribution in [0.4, 0.5) is 0 Å². The van der Waals surface area contributed by atoms with Gasteiger partial charge in [-0.05, 0) is 87.3 Å². The molecular weight excluding hydrogens is 446 g/mol. The van der Waals surface area contributed by atoms with Crippen molar-refractivity contribution >= 4 is 11.9 Å². The second-order valence-corrected chi connectivity index (χ2v) is 9.45. The lowest BCUT2D eigenvalue weighted by Gasteiger charge is -2.27. The fraction of sp³-hybridized carbons (Fsp3) is 0.481. The molecule has 2 aliphatic rings. The minimum Gasteiger partial charge on any atom is -0.492 e. The van der Waals surface area contributed by atoms with Gasteiger partial charge in [0.05, 0.1) is 17.7 Å². The third-order valence-corrected chi connectivity index (χ3v) is 6.81. The number of hydrogen-bond donors (Lipinski definition) is 3. The lowest BCUT2D eigenvalue weighted by molar-refractivity contribution is 0.0696. The van der Waals surface area contributed by atoms with Gasteiger partial charge in [0.2, 0.25) is 0 Å². The molecule has 2 heterocycles. The average molecular weight is 482 g/mol. The van der Waals surface area contributed by atoms with Crippen LogP contribution in [0, 0.1) is 0 Å². The summed E-state index contributed by atoms with van der Waals surface area (Å²) in [6, 6.07) is 13.6. The summed E-state index contributed by atoms with van der Waals surface area (Å²) in [4.78, 5) is 28.6. The summed E-state index contributed by atoms with van der Waals surface area (Å²) in [5.74, 6) is -0.417. The topological polar surface area (TPSA) is 102 Å². The van der Waals surface area contributed by atoms with Crippen molar-refractivity contribution in [2.45, 2.75) is 44.4 Å². The summed E-state index contributed by atoms with van der Waals surface area (Å²) in [5.41, 5.74) is 1.79. The van der Waals surface area contributed by atoms with Crippen LogP contribution in [0.25, 0.3) is 0 Å². The molecule has 0 bridgehead atoms. The number of carboxylic acid groups (broad SMARTS) is 1. The normalized spacial score (nSPS) is 21.4. The van der Waals surface area contributed by atoms with Gasteiger partial charge >= 0.3 is 5.97 Å². The number of carbonyl (C=O) groups excluding carboxylic acids is 1. The smallest absolute Gasteiger partial charge is 0.335 e. The Morgan fingerprint density at radius 3 is 2.26 bits per heavy atom. The van der Waals surface area contributed by atoms with Crippen molar-refractivity contribution in [3.63, 3.8) is 0 Å². The Balaban J connectivity index is 1.29. The first kappa shape index (κ1) is 25.2. The molecule has 0 radical (unpaired) electrons. The largest absolute Gasteiger partial charge is 0.492 e. The number of rotatable bonds is 9. The van der Waals surface area contributed by atoms with Gasteiger partial charge in [0, 0.05) is 25.2 Å². The van der Waals surface area contributed by atoms with Crippen LogP contribution < -0.4 is 10.1 Å². The van der Waals surface area contributed by atoms with Crippen LogP contribution in [0.3, 0.4) is 0 Å². The molecule has 0 saturated carbocycles. The second kappa shape index (κ2) is 12.2. The lowest BCUT2D eigenvalue weighted by atomic mass is 10.1. The predicted octanol–water partition coefficient (Wildman–Crippen LogP) is 2.61. The molecule has 2 fully saturated rings. The molecule has 2 unspecified atom stereocenters. The molecule has 4 rings (SSSR count). The Morgan fingerprint density at radius 2 is 1.57 bits per heavy atom. The maximum absolute atomic E-state index is 12.9. The standard InChI is InChI=1S/C27H35N3O5/c31-25-4-3-15-30(18-20-5-7-22(8-6-20)27(33)34)19-24(25)28-26(32)21-9-11-23(12-10-21)35-17-16-29-13-1-2-14-29/h5-12,24-25,31H,1-4,13-19H2,(H,28,32)(H,33,34). The minimum absolute atomic E-state index is 0.217. The summed E-state index contributed by atoms with van der Waals surface area (Å²) < 4.78 is 5.82. The van der Waals surface area contributed by atoms with E-state index in [4.69, 9.17) is 9.84 Å². The summed E-state index contributed by atoms with van der Waals surface area (Å²) >= 11 is 0. The maximum atomic E-state index is 12.9. The molecule has 2 atom stereocenters. The van der Waals surface area contributed by atoms with E-state index in [-0.39, 0.29) is 17.5 Å². The molecule has 2 saturated heterocycles. The average Bonchev–Trinajstić information content (AvgIpc) is 3.31. The molecule has 0 spiro atoms. The van der Waals surface area contributed by atoms with Crippen LogP contribution in [0.1, 0.15) is 52.0 Å². The Morgan fingerprint density at radius 1 is 0.914 bits per heavy atom. The van der Waals surface area contributed by atoms with E-state index in [2.05, 4.69) is 15.1 Å². The van der Waals surface area contributed by atoms with E-state index >= 15 is 0 Å². The molecular formula is C27H35N3O5. The van der Waals surface area contributed by atoms with Crippen LogP contribution in [-0.2, 0) is 6.54 Å². The van der Waals surface area contributed by atoms with Crippen molar-refractivity contribution in [3.8, 4) is 5.75 Å². The van der Waals surface area contributed by atoms with Crippen molar-refractivity contribution in [2.24, 2.45) is 0 Å². The number of amides is 1.